The fourth-order valence-corrected chi connectivity index (χ4v) is 2.08. The molecular formula is C17H26O2. The van der Waals surface area contributed by atoms with Gasteiger partial charge in [-0.15, -0.1) is 6.58 Å². The lowest BCUT2D eigenvalue weighted by atomic mass is 9.98. The Balaban J connectivity index is 2.46. The zero-order chi connectivity index (χ0) is 14.1. The molecule has 1 rings (SSSR count). The van der Waals surface area contributed by atoms with Crippen LogP contribution in [0.3, 0.4) is 0 Å². The van der Waals surface area contributed by atoms with Crippen molar-refractivity contribution in [1.29, 1.82) is 0 Å². The second-order valence-corrected chi connectivity index (χ2v) is 4.93. The van der Waals surface area contributed by atoms with Gasteiger partial charge in [0, 0.05) is 19.4 Å². The van der Waals surface area contributed by atoms with Crippen LogP contribution in [0.4, 0.5) is 0 Å². The van der Waals surface area contributed by atoms with E-state index >= 15 is 0 Å². The lowest BCUT2D eigenvalue weighted by molar-refractivity contribution is -0.0209. The van der Waals surface area contributed by atoms with Gasteiger partial charge in [-0.25, -0.2) is 0 Å². The molecule has 3 atom stereocenters. The standard InChI is InChI=1S/C17H26O2/c1-5-14(3)17(18-4)12-16(6-2)19-13-15-10-8-7-9-11-15/h5,7-11,14,16-17H,1,6,12-13H2,2-4H3. The van der Waals surface area contributed by atoms with Crippen LogP contribution in [0.5, 0.6) is 0 Å². The molecule has 0 aliphatic carbocycles. The van der Waals surface area contributed by atoms with Crippen LogP contribution in [0, 0.1) is 5.92 Å². The molecule has 2 heteroatoms. The van der Waals surface area contributed by atoms with Crippen LogP contribution in [0.1, 0.15) is 32.3 Å². The number of hydrogen-bond acceptors (Lipinski definition) is 2. The van der Waals surface area contributed by atoms with Crippen molar-refractivity contribution in [2.45, 2.75) is 45.5 Å². The first-order valence-electron chi connectivity index (χ1n) is 7.02. The van der Waals surface area contributed by atoms with E-state index < -0.39 is 0 Å². The molecule has 0 fully saturated rings. The van der Waals surface area contributed by atoms with Crippen molar-refractivity contribution in [3.05, 3.63) is 48.6 Å². The highest BCUT2D eigenvalue weighted by Gasteiger charge is 2.19. The van der Waals surface area contributed by atoms with Gasteiger partial charge in [0.25, 0.3) is 0 Å². The summed E-state index contributed by atoms with van der Waals surface area (Å²) in [5, 5.41) is 0. The van der Waals surface area contributed by atoms with Gasteiger partial charge >= 0.3 is 0 Å². The first-order valence-corrected chi connectivity index (χ1v) is 7.02. The Hall–Kier alpha value is -1.12. The molecule has 0 aliphatic rings. The summed E-state index contributed by atoms with van der Waals surface area (Å²) in [5.74, 6) is 0.347. The molecule has 0 bridgehead atoms. The quantitative estimate of drug-likeness (QED) is 0.621. The van der Waals surface area contributed by atoms with Crippen molar-refractivity contribution in [2.75, 3.05) is 7.11 Å². The molecule has 0 amide bonds. The van der Waals surface area contributed by atoms with Gasteiger partial charge in [-0.3, -0.25) is 0 Å². The van der Waals surface area contributed by atoms with E-state index in [0.717, 1.165) is 12.8 Å². The Morgan fingerprint density at radius 1 is 1.26 bits per heavy atom. The summed E-state index contributed by atoms with van der Waals surface area (Å²) in [7, 11) is 1.76. The maximum Gasteiger partial charge on any atom is 0.0720 e. The van der Waals surface area contributed by atoms with E-state index in [9.17, 15) is 0 Å². The van der Waals surface area contributed by atoms with Crippen LogP contribution in [0.15, 0.2) is 43.0 Å². The predicted octanol–water partition coefficient (Wildman–Crippen LogP) is 4.21. The van der Waals surface area contributed by atoms with Crippen LogP contribution in [-0.2, 0) is 16.1 Å². The summed E-state index contributed by atoms with van der Waals surface area (Å²) in [6.07, 6.45) is 4.26. The molecule has 0 radical (unpaired) electrons. The Kier molecular flexibility index (Phi) is 7.46. The SMILES string of the molecule is C=CC(C)C(CC(CC)OCc1ccccc1)OC. The Morgan fingerprint density at radius 3 is 2.47 bits per heavy atom. The van der Waals surface area contributed by atoms with Crippen molar-refractivity contribution in [2.24, 2.45) is 5.92 Å². The molecule has 0 heterocycles. The smallest absolute Gasteiger partial charge is 0.0720 e. The van der Waals surface area contributed by atoms with Gasteiger partial charge in [-0.2, -0.15) is 0 Å². The van der Waals surface area contributed by atoms with E-state index in [-0.39, 0.29) is 12.2 Å². The minimum absolute atomic E-state index is 0.179. The highest BCUT2D eigenvalue weighted by molar-refractivity contribution is 5.13. The van der Waals surface area contributed by atoms with Gasteiger partial charge in [-0.1, -0.05) is 50.3 Å². The summed E-state index contributed by atoms with van der Waals surface area (Å²) in [4.78, 5) is 0. The number of hydrogen-bond donors (Lipinski definition) is 0. The first-order chi connectivity index (χ1) is 9.21. The van der Waals surface area contributed by atoms with Gasteiger partial charge in [0.15, 0.2) is 0 Å². The average molecular weight is 262 g/mol. The largest absolute Gasteiger partial charge is 0.381 e. The van der Waals surface area contributed by atoms with Crippen molar-refractivity contribution in [1.82, 2.24) is 0 Å². The van der Waals surface area contributed by atoms with Gasteiger partial charge in [0.1, 0.15) is 0 Å². The fraction of sp³-hybridized carbons (Fsp3) is 0.529. The van der Waals surface area contributed by atoms with Crippen molar-refractivity contribution in [3.63, 3.8) is 0 Å². The van der Waals surface area contributed by atoms with Gasteiger partial charge in [-0.05, 0) is 12.0 Å². The monoisotopic (exact) mass is 262 g/mol. The lowest BCUT2D eigenvalue weighted by Gasteiger charge is -2.25. The molecule has 0 aliphatic heterocycles. The average Bonchev–Trinajstić information content (AvgIpc) is 2.48. The van der Waals surface area contributed by atoms with Gasteiger partial charge in [0.05, 0.1) is 18.8 Å². The molecule has 0 N–H and O–H groups in total. The topological polar surface area (TPSA) is 18.5 Å². The maximum atomic E-state index is 5.99. The van der Waals surface area contributed by atoms with E-state index in [2.05, 4.69) is 32.6 Å². The van der Waals surface area contributed by atoms with Crippen molar-refractivity contribution < 1.29 is 9.47 Å². The number of rotatable bonds is 9. The van der Waals surface area contributed by atoms with Crippen molar-refractivity contribution >= 4 is 0 Å². The highest BCUT2D eigenvalue weighted by Crippen LogP contribution is 2.18. The van der Waals surface area contributed by atoms with Crippen LogP contribution in [0.25, 0.3) is 0 Å². The van der Waals surface area contributed by atoms with E-state index in [1.165, 1.54) is 5.56 Å². The molecule has 2 nitrogen and oxygen atoms in total. The molecular weight excluding hydrogens is 236 g/mol. The van der Waals surface area contributed by atoms with Crippen LogP contribution in [0.2, 0.25) is 0 Å². The predicted molar refractivity (Wildman–Crippen MR) is 80.1 cm³/mol. The Labute approximate surface area is 117 Å². The molecule has 0 aromatic heterocycles. The second kappa shape index (κ2) is 8.89. The van der Waals surface area contributed by atoms with E-state index in [1.54, 1.807) is 7.11 Å². The molecule has 19 heavy (non-hydrogen) atoms. The molecule has 3 unspecified atom stereocenters. The first kappa shape index (κ1) is 15.9. The number of ether oxygens (including phenoxy) is 2. The summed E-state index contributed by atoms with van der Waals surface area (Å²) < 4.78 is 11.5. The summed E-state index contributed by atoms with van der Waals surface area (Å²) >= 11 is 0. The molecule has 106 valence electrons. The third kappa shape index (κ3) is 5.58. The van der Waals surface area contributed by atoms with E-state index in [0.29, 0.717) is 12.5 Å². The number of methoxy groups -OCH3 is 1. The summed E-state index contributed by atoms with van der Waals surface area (Å²) in [5.41, 5.74) is 1.21. The Bertz CT molecular complexity index is 348. The minimum Gasteiger partial charge on any atom is -0.381 e. The van der Waals surface area contributed by atoms with Gasteiger partial charge in [0.2, 0.25) is 0 Å². The number of benzene rings is 1. The zero-order valence-electron chi connectivity index (χ0n) is 12.3. The minimum atomic E-state index is 0.179. The third-order valence-electron chi connectivity index (χ3n) is 3.54. The normalized spacial score (nSPS) is 15.7. The highest BCUT2D eigenvalue weighted by atomic mass is 16.5. The van der Waals surface area contributed by atoms with Crippen LogP contribution < -0.4 is 0 Å². The third-order valence-corrected chi connectivity index (χ3v) is 3.54. The van der Waals surface area contributed by atoms with Crippen molar-refractivity contribution in [3.8, 4) is 0 Å². The molecule has 1 aromatic carbocycles. The van der Waals surface area contributed by atoms with Crippen LogP contribution >= 0.6 is 0 Å². The van der Waals surface area contributed by atoms with E-state index in [1.807, 2.05) is 24.3 Å². The molecule has 0 spiro atoms. The lowest BCUT2D eigenvalue weighted by Crippen LogP contribution is -2.26. The second-order valence-electron chi connectivity index (χ2n) is 4.93. The maximum absolute atomic E-state index is 5.99. The molecule has 1 aromatic rings. The molecule has 0 saturated heterocycles. The summed E-state index contributed by atoms with van der Waals surface area (Å²) in [6.45, 7) is 8.78. The zero-order valence-corrected chi connectivity index (χ0v) is 12.3. The Morgan fingerprint density at radius 2 is 1.95 bits per heavy atom. The molecule has 0 saturated carbocycles. The van der Waals surface area contributed by atoms with Crippen LogP contribution in [-0.4, -0.2) is 19.3 Å². The summed E-state index contributed by atoms with van der Waals surface area (Å²) in [6, 6.07) is 10.3. The van der Waals surface area contributed by atoms with E-state index in [4.69, 9.17) is 9.47 Å². The van der Waals surface area contributed by atoms with Gasteiger partial charge < -0.3 is 9.47 Å². The fourth-order valence-electron chi connectivity index (χ4n) is 2.08.